The molecule has 0 saturated carbocycles. The molecule has 7 nitrogen and oxygen atoms in total. The molecule has 0 aromatic heterocycles. The lowest BCUT2D eigenvalue weighted by Gasteiger charge is -2.32. The molecule has 3 rings (SSSR count). The SMILES string of the molecule is Cc1ccc(S(=O)(=O)N(CC(=O)N(Cc2ccccc2F)[C@@H](C)C(=O)NC(C)C)c2ccc(Cl)cc2)cc1. The first kappa shape index (κ1) is 29.1. The van der Waals surface area contributed by atoms with Crippen molar-refractivity contribution < 1.29 is 22.4 Å². The number of carbonyl (C=O) groups is 2. The first-order valence-corrected chi connectivity index (χ1v) is 13.9. The van der Waals surface area contributed by atoms with Crippen molar-refractivity contribution in [3.05, 3.63) is 94.8 Å². The van der Waals surface area contributed by atoms with Crippen molar-refractivity contribution in [3.8, 4) is 0 Å². The maximum absolute atomic E-state index is 14.5. The van der Waals surface area contributed by atoms with Crippen LogP contribution in [0.4, 0.5) is 10.1 Å². The Hall–Kier alpha value is -3.43. The third-order valence-electron chi connectivity index (χ3n) is 5.90. The summed E-state index contributed by atoms with van der Waals surface area (Å²) in [5.41, 5.74) is 1.29. The average Bonchev–Trinajstić information content (AvgIpc) is 2.86. The van der Waals surface area contributed by atoms with Crippen LogP contribution in [0.15, 0.2) is 77.7 Å². The molecule has 0 bridgehead atoms. The molecule has 0 heterocycles. The number of anilines is 1. The predicted octanol–water partition coefficient (Wildman–Crippen LogP) is 4.92. The largest absolute Gasteiger partial charge is 0.352 e. The number of carbonyl (C=O) groups excluding carboxylic acids is 2. The molecule has 3 aromatic carbocycles. The van der Waals surface area contributed by atoms with E-state index in [4.69, 9.17) is 11.6 Å². The Balaban J connectivity index is 2.03. The fraction of sp³-hybridized carbons (Fsp3) is 0.286. The Labute approximate surface area is 228 Å². The second kappa shape index (κ2) is 12.4. The Kier molecular flexibility index (Phi) is 9.51. The van der Waals surface area contributed by atoms with Gasteiger partial charge in [0.25, 0.3) is 10.0 Å². The van der Waals surface area contributed by atoms with E-state index in [0.29, 0.717) is 5.02 Å². The van der Waals surface area contributed by atoms with Crippen LogP contribution in [0.2, 0.25) is 5.02 Å². The maximum atomic E-state index is 14.5. The van der Waals surface area contributed by atoms with Gasteiger partial charge < -0.3 is 10.2 Å². The van der Waals surface area contributed by atoms with Crippen molar-refractivity contribution in [2.24, 2.45) is 0 Å². The van der Waals surface area contributed by atoms with Crippen molar-refractivity contribution in [1.82, 2.24) is 10.2 Å². The molecule has 0 spiro atoms. The minimum absolute atomic E-state index is 0.00268. The minimum Gasteiger partial charge on any atom is -0.352 e. The van der Waals surface area contributed by atoms with Crippen LogP contribution in [0.5, 0.6) is 0 Å². The van der Waals surface area contributed by atoms with Crippen molar-refractivity contribution in [2.45, 2.75) is 51.2 Å². The van der Waals surface area contributed by atoms with E-state index in [1.54, 1.807) is 32.0 Å². The molecule has 0 aliphatic heterocycles. The lowest BCUT2D eigenvalue weighted by Crippen LogP contribution is -2.52. The van der Waals surface area contributed by atoms with Crippen molar-refractivity contribution in [3.63, 3.8) is 0 Å². The third-order valence-corrected chi connectivity index (χ3v) is 7.94. The highest BCUT2D eigenvalue weighted by Crippen LogP contribution is 2.26. The molecule has 10 heteroatoms. The van der Waals surface area contributed by atoms with Crippen molar-refractivity contribution in [2.75, 3.05) is 10.8 Å². The molecule has 3 aromatic rings. The van der Waals surface area contributed by atoms with Gasteiger partial charge in [-0.05, 0) is 70.2 Å². The van der Waals surface area contributed by atoms with Gasteiger partial charge >= 0.3 is 0 Å². The Morgan fingerprint density at radius 2 is 1.55 bits per heavy atom. The predicted molar refractivity (Wildman–Crippen MR) is 147 cm³/mol. The molecular formula is C28H31ClFN3O4S. The van der Waals surface area contributed by atoms with Gasteiger partial charge in [0, 0.05) is 23.2 Å². The molecule has 0 aliphatic carbocycles. The molecule has 1 atom stereocenters. The molecular weight excluding hydrogens is 529 g/mol. The van der Waals surface area contributed by atoms with E-state index in [9.17, 15) is 22.4 Å². The highest BCUT2D eigenvalue weighted by Gasteiger charge is 2.33. The van der Waals surface area contributed by atoms with E-state index in [0.717, 1.165) is 9.87 Å². The van der Waals surface area contributed by atoms with Crippen LogP contribution in [0.3, 0.4) is 0 Å². The third kappa shape index (κ3) is 7.11. The number of sulfonamides is 1. The number of nitrogens with zero attached hydrogens (tertiary/aromatic N) is 2. The van der Waals surface area contributed by atoms with Crippen LogP contribution in [0.1, 0.15) is 31.9 Å². The van der Waals surface area contributed by atoms with Gasteiger partial charge in [-0.1, -0.05) is 47.5 Å². The van der Waals surface area contributed by atoms with E-state index in [1.165, 1.54) is 66.4 Å². The van der Waals surface area contributed by atoms with Crippen molar-refractivity contribution in [1.29, 1.82) is 0 Å². The number of aryl methyl sites for hydroxylation is 1. The molecule has 0 radical (unpaired) electrons. The smallest absolute Gasteiger partial charge is 0.264 e. The zero-order valence-electron chi connectivity index (χ0n) is 21.7. The number of hydrogen-bond donors (Lipinski definition) is 1. The minimum atomic E-state index is -4.19. The van der Waals surface area contributed by atoms with Gasteiger partial charge in [0.1, 0.15) is 18.4 Å². The van der Waals surface area contributed by atoms with Crippen LogP contribution in [-0.2, 0) is 26.2 Å². The van der Waals surface area contributed by atoms with Crippen LogP contribution in [-0.4, -0.2) is 43.8 Å². The summed E-state index contributed by atoms with van der Waals surface area (Å²) < 4.78 is 43.0. The van der Waals surface area contributed by atoms with E-state index in [1.807, 2.05) is 6.92 Å². The molecule has 0 fully saturated rings. The first-order valence-electron chi connectivity index (χ1n) is 12.1. The van der Waals surface area contributed by atoms with Crippen LogP contribution in [0, 0.1) is 12.7 Å². The zero-order chi connectivity index (χ0) is 28.0. The summed E-state index contributed by atoms with van der Waals surface area (Å²) in [6.45, 7) is 6.08. The maximum Gasteiger partial charge on any atom is 0.264 e. The van der Waals surface area contributed by atoms with E-state index in [-0.39, 0.29) is 28.7 Å². The Bertz CT molecular complexity index is 1380. The summed E-state index contributed by atoms with van der Waals surface area (Å²) in [6.07, 6.45) is 0. The highest BCUT2D eigenvalue weighted by atomic mass is 35.5. The van der Waals surface area contributed by atoms with Crippen LogP contribution >= 0.6 is 11.6 Å². The summed E-state index contributed by atoms with van der Waals surface area (Å²) in [5, 5.41) is 3.15. The van der Waals surface area contributed by atoms with E-state index in [2.05, 4.69) is 5.32 Å². The quantitative estimate of drug-likeness (QED) is 0.382. The number of nitrogens with one attached hydrogen (secondary N) is 1. The van der Waals surface area contributed by atoms with Gasteiger partial charge in [0.15, 0.2) is 0 Å². The summed E-state index contributed by atoms with van der Waals surface area (Å²) in [7, 11) is -4.19. The normalized spacial score (nSPS) is 12.2. The molecule has 1 N–H and O–H groups in total. The summed E-state index contributed by atoms with van der Waals surface area (Å²) in [4.78, 5) is 27.8. The van der Waals surface area contributed by atoms with Gasteiger partial charge in [-0.25, -0.2) is 12.8 Å². The fourth-order valence-corrected chi connectivity index (χ4v) is 5.31. The van der Waals surface area contributed by atoms with E-state index >= 15 is 0 Å². The van der Waals surface area contributed by atoms with Gasteiger partial charge in [0.2, 0.25) is 11.8 Å². The number of rotatable bonds is 10. The lowest BCUT2D eigenvalue weighted by molar-refractivity contribution is -0.139. The average molecular weight is 560 g/mol. The number of amides is 2. The van der Waals surface area contributed by atoms with Gasteiger partial charge in [-0.3, -0.25) is 13.9 Å². The molecule has 2 amide bonds. The summed E-state index contributed by atoms with van der Waals surface area (Å²) in [6, 6.07) is 17.0. The summed E-state index contributed by atoms with van der Waals surface area (Å²) in [5.74, 6) is -1.65. The van der Waals surface area contributed by atoms with Gasteiger partial charge in [-0.2, -0.15) is 0 Å². The second-order valence-corrected chi connectivity index (χ2v) is 11.6. The molecule has 0 unspecified atom stereocenters. The number of hydrogen-bond acceptors (Lipinski definition) is 4. The Morgan fingerprint density at radius 1 is 0.947 bits per heavy atom. The van der Waals surface area contributed by atoms with E-state index < -0.39 is 40.2 Å². The fourth-order valence-electron chi connectivity index (χ4n) is 3.77. The monoisotopic (exact) mass is 559 g/mol. The topological polar surface area (TPSA) is 86.8 Å². The molecule has 202 valence electrons. The van der Waals surface area contributed by atoms with Crippen LogP contribution < -0.4 is 9.62 Å². The number of benzene rings is 3. The van der Waals surface area contributed by atoms with Crippen molar-refractivity contribution >= 4 is 39.1 Å². The number of halogens is 2. The Morgan fingerprint density at radius 3 is 2.13 bits per heavy atom. The molecule has 0 saturated heterocycles. The highest BCUT2D eigenvalue weighted by molar-refractivity contribution is 7.92. The molecule has 38 heavy (non-hydrogen) atoms. The summed E-state index contributed by atoms with van der Waals surface area (Å²) >= 11 is 6.02. The zero-order valence-corrected chi connectivity index (χ0v) is 23.3. The molecule has 0 aliphatic rings. The first-order chi connectivity index (χ1) is 17.9. The van der Waals surface area contributed by atoms with Gasteiger partial charge in [0.05, 0.1) is 10.6 Å². The van der Waals surface area contributed by atoms with Gasteiger partial charge in [-0.15, -0.1) is 0 Å². The lowest BCUT2D eigenvalue weighted by atomic mass is 10.1. The standard InChI is InChI=1S/C28H31ClFN3O4S/c1-19(2)31-28(35)21(4)32(17-22-7-5-6-8-26(22)30)27(34)18-33(24-13-11-23(29)12-14-24)38(36,37)25-15-9-20(3)10-16-25/h5-16,19,21H,17-18H2,1-4H3,(H,31,35)/t21-/m0/s1. The second-order valence-electron chi connectivity index (χ2n) is 9.25. The van der Waals surface area contributed by atoms with Crippen LogP contribution in [0.25, 0.3) is 0 Å².